The minimum absolute atomic E-state index is 0.101. The van der Waals surface area contributed by atoms with Crippen LogP contribution in [0.4, 0.5) is 0 Å². The Hall–Kier alpha value is -2.80. The molecule has 2 aromatic carbocycles. The van der Waals surface area contributed by atoms with Gasteiger partial charge in [0.05, 0.1) is 26.7 Å². The highest BCUT2D eigenvalue weighted by Gasteiger charge is 2.28. The van der Waals surface area contributed by atoms with Gasteiger partial charge in [0.2, 0.25) is 11.8 Å². The van der Waals surface area contributed by atoms with Gasteiger partial charge in [-0.25, -0.2) is 0 Å². The van der Waals surface area contributed by atoms with Crippen LogP contribution in [0.3, 0.4) is 0 Å². The molecule has 0 saturated heterocycles. The second kappa shape index (κ2) is 9.13. The zero-order valence-corrected chi connectivity index (χ0v) is 18.2. The second-order valence-electron chi connectivity index (χ2n) is 6.67. The van der Waals surface area contributed by atoms with Crippen molar-refractivity contribution in [3.05, 3.63) is 63.8 Å². The van der Waals surface area contributed by atoms with E-state index in [1.165, 1.54) is 6.92 Å². The third-order valence-electron chi connectivity index (χ3n) is 4.88. The van der Waals surface area contributed by atoms with Gasteiger partial charge in [0.1, 0.15) is 0 Å². The molecule has 0 spiro atoms. The average molecular weight is 459 g/mol. The van der Waals surface area contributed by atoms with E-state index in [2.05, 4.69) is 21.2 Å². The van der Waals surface area contributed by atoms with Crippen molar-refractivity contribution in [3.8, 4) is 11.5 Å². The van der Waals surface area contributed by atoms with Crippen molar-refractivity contribution >= 4 is 33.8 Å². The van der Waals surface area contributed by atoms with Gasteiger partial charge in [-0.1, -0.05) is 40.2 Å². The van der Waals surface area contributed by atoms with E-state index in [4.69, 9.17) is 9.47 Å². The van der Waals surface area contributed by atoms with Gasteiger partial charge < -0.3 is 19.7 Å². The Morgan fingerprint density at radius 3 is 2.52 bits per heavy atom. The fraction of sp³-hybridized carbons (Fsp3) is 0.273. The highest BCUT2D eigenvalue weighted by Crippen LogP contribution is 2.34. The van der Waals surface area contributed by atoms with Crippen molar-refractivity contribution in [1.82, 2.24) is 10.2 Å². The molecule has 29 heavy (non-hydrogen) atoms. The molecule has 0 bridgehead atoms. The Balaban J connectivity index is 1.73. The summed E-state index contributed by atoms with van der Waals surface area (Å²) in [5, 5.41) is 2.94. The Labute approximate surface area is 178 Å². The monoisotopic (exact) mass is 458 g/mol. The molecule has 1 aliphatic heterocycles. The third-order valence-corrected chi connectivity index (χ3v) is 5.61. The molecule has 0 aliphatic carbocycles. The number of benzene rings is 2. The predicted molar refractivity (Wildman–Crippen MR) is 114 cm³/mol. The summed E-state index contributed by atoms with van der Waals surface area (Å²) in [4.78, 5) is 26.4. The van der Waals surface area contributed by atoms with Crippen molar-refractivity contribution in [2.45, 2.75) is 25.9 Å². The van der Waals surface area contributed by atoms with Crippen LogP contribution >= 0.6 is 15.9 Å². The Bertz CT molecular complexity index is 958. The summed E-state index contributed by atoms with van der Waals surface area (Å²) in [5.41, 5.74) is 2.85. The van der Waals surface area contributed by atoms with E-state index in [-0.39, 0.29) is 24.3 Å². The summed E-state index contributed by atoms with van der Waals surface area (Å²) >= 11 is 3.50. The van der Waals surface area contributed by atoms with Crippen LogP contribution in [0.25, 0.3) is 6.08 Å². The summed E-state index contributed by atoms with van der Waals surface area (Å²) in [5.74, 6) is 0.954. The standard InChI is InChI=1S/C22H23BrN2O4/c1-14(26)25-9-8-15-6-4-5-7-17(15)19(25)12-22(27)24-13-16-10-20(28-2)21(29-3)11-18(16)23/h4-11,19H,12-13H2,1-3H3,(H,24,27). The largest absolute Gasteiger partial charge is 0.493 e. The molecule has 0 radical (unpaired) electrons. The second-order valence-corrected chi connectivity index (χ2v) is 7.52. The molecule has 0 saturated carbocycles. The van der Waals surface area contributed by atoms with Crippen LogP contribution in [-0.2, 0) is 16.1 Å². The molecule has 0 aromatic heterocycles. The molecule has 6 nitrogen and oxygen atoms in total. The molecule has 1 heterocycles. The topological polar surface area (TPSA) is 67.9 Å². The number of ether oxygens (including phenoxy) is 2. The number of amides is 2. The van der Waals surface area contributed by atoms with E-state index in [0.29, 0.717) is 18.0 Å². The first-order valence-corrected chi connectivity index (χ1v) is 9.97. The number of rotatable bonds is 6. The van der Waals surface area contributed by atoms with Crippen LogP contribution in [-0.4, -0.2) is 30.9 Å². The average Bonchev–Trinajstić information content (AvgIpc) is 2.72. The van der Waals surface area contributed by atoms with Crippen LogP contribution < -0.4 is 14.8 Å². The number of nitrogens with zero attached hydrogens (tertiary/aromatic N) is 1. The molecule has 1 aliphatic rings. The molecule has 2 amide bonds. The summed E-state index contributed by atoms with van der Waals surface area (Å²) in [7, 11) is 3.14. The summed E-state index contributed by atoms with van der Waals surface area (Å²) < 4.78 is 11.4. The molecule has 1 unspecified atom stereocenters. The molecule has 1 atom stereocenters. The molecular formula is C22H23BrN2O4. The van der Waals surface area contributed by atoms with Gasteiger partial charge >= 0.3 is 0 Å². The van der Waals surface area contributed by atoms with Gasteiger partial charge in [0.15, 0.2) is 11.5 Å². The number of carbonyl (C=O) groups excluding carboxylic acids is 2. The van der Waals surface area contributed by atoms with E-state index in [0.717, 1.165) is 21.2 Å². The van der Waals surface area contributed by atoms with Gasteiger partial charge in [-0.05, 0) is 34.9 Å². The maximum Gasteiger partial charge on any atom is 0.223 e. The predicted octanol–water partition coefficient (Wildman–Crippen LogP) is 4.05. The number of halogens is 1. The fourth-order valence-electron chi connectivity index (χ4n) is 3.39. The Morgan fingerprint density at radius 1 is 1.14 bits per heavy atom. The SMILES string of the molecule is COc1cc(Br)c(CNC(=O)CC2c3ccccc3C=CN2C(C)=O)cc1OC. The maximum absolute atomic E-state index is 12.7. The number of nitrogens with one attached hydrogen (secondary N) is 1. The van der Waals surface area contributed by atoms with Crippen molar-refractivity contribution in [3.63, 3.8) is 0 Å². The quantitative estimate of drug-likeness (QED) is 0.708. The van der Waals surface area contributed by atoms with E-state index in [9.17, 15) is 9.59 Å². The van der Waals surface area contributed by atoms with Crippen LogP contribution in [0.1, 0.15) is 36.1 Å². The van der Waals surface area contributed by atoms with Crippen molar-refractivity contribution in [1.29, 1.82) is 0 Å². The van der Waals surface area contributed by atoms with Crippen LogP contribution in [0.5, 0.6) is 11.5 Å². The normalized spacial score (nSPS) is 14.9. The summed E-state index contributed by atoms with van der Waals surface area (Å²) in [6, 6.07) is 11.1. The lowest BCUT2D eigenvalue weighted by molar-refractivity contribution is -0.130. The van der Waals surface area contributed by atoms with Crippen molar-refractivity contribution in [2.24, 2.45) is 0 Å². The fourth-order valence-corrected chi connectivity index (χ4v) is 3.85. The number of fused-ring (bicyclic) bond motifs is 1. The lowest BCUT2D eigenvalue weighted by Crippen LogP contribution is -2.35. The minimum Gasteiger partial charge on any atom is -0.493 e. The Morgan fingerprint density at radius 2 is 1.83 bits per heavy atom. The summed E-state index contributed by atoms with van der Waals surface area (Å²) in [6.45, 7) is 1.83. The van der Waals surface area contributed by atoms with Gasteiger partial charge in [-0.2, -0.15) is 0 Å². The number of carbonyl (C=O) groups is 2. The van der Waals surface area contributed by atoms with E-state index in [1.54, 1.807) is 31.4 Å². The molecule has 0 fully saturated rings. The molecule has 2 aromatic rings. The zero-order valence-electron chi connectivity index (χ0n) is 16.6. The highest BCUT2D eigenvalue weighted by atomic mass is 79.9. The van der Waals surface area contributed by atoms with Crippen molar-refractivity contribution < 1.29 is 19.1 Å². The molecule has 152 valence electrons. The molecule has 3 rings (SSSR count). The Kier molecular flexibility index (Phi) is 6.59. The lowest BCUT2D eigenvalue weighted by Gasteiger charge is -2.32. The smallest absolute Gasteiger partial charge is 0.223 e. The number of hydrogen-bond donors (Lipinski definition) is 1. The molecule has 1 N–H and O–H groups in total. The minimum atomic E-state index is -0.331. The van der Waals surface area contributed by atoms with Gasteiger partial charge in [0, 0.05) is 24.1 Å². The van der Waals surface area contributed by atoms with Crippen LogP contribution in [0.15, 0.2) is 47.1 Å². The number of methoxy groups -OCH3 is 2. The first-order valence-electron chi connectivity index (χ1n) is 9.17. The zero-order chi connectivity index (χ0) is 21.0. The van der Waals surface area contributed by atoms with E-state index < -0.39 is 0 Å². The maximum atomic E-state index is 12.7. The molecule has 7 heteroatoms. The van der Waals surface area contributed by atoms with E-state index in [1.807, 2.05) is 36.4 Å². The first-order chi connectivity index (χ1) is 13.9. The number of hydrogen-bond acceptors (Lipinski definition) is 4. The van der Waals surface area contributed by atoms with Crippen LogP contribution in [0, 0.1) is 0 Å². The lowest BCUT2D eigenvalue weighted by atomic mass is 9.93. The van der Waals surface area contributed by atoms with E-state index >= 15 is 0 Å². The van der Waals surface area contributed by atoms with Gasteiger partial charge in [-0.15, -0.1) is 0 Å². The van der Waals surface area contributed by atoms with Gasteiger partial charge in [0.25, 0.3) is 0 Å². The first kappa shape index (κ1) is 20.9. The van der Waals surface area contributed by atoms with Gasteiger partial charge in [-0.3, -0.25) is 9.59 Å². The third kappa shape index (κ3) is 4.62. The van der Waals surface area contributed by atoms with Crippen molar-refractivity contribution in [2.75, 3.05) is 14.2 Å². The summed E-state index contributed by atoms with van der Waals surface area (Å²) in [6.07, 6.45) is 3.81. The molecular weight excluding hydrogens is 436 g/mol. The highest BCUT2D eigenvalue weighted by molar-refractivity contribution is 9.10. The van der Waals surface area contributed by atoms with Crippen LogP contribution in [0.2, 0.25) is 0 Å².